The number of hydrogen-bond donors (Lipinski definition) is 1. The number of sulfonamides is 1. The standard InChI is InChI=1S/C19H14N2O4S2/c1-12-10-18(22)25-16-11-13(5-6-14(12)16)21-27(23,24)19-8-7-17(26-19)15-4-2-3-9-20-15/h2-11,21H,1H3. The summed E-state index contributed by atoms with van der Waals surface area (Å²) in [7, 11) is -3.77. The molecule has 0 aliphatic rings. The van der Waals surface area contributed by atoms with Crippen molar-refractivity contribution in [3.8, 4) is 10.6 Å². The molecule has 0 amide bonds. The van der Waals surface area contributed by atoms with Gasteiger partial charge >= 0.3 is 5.63 Å². The summed E-state index contributed by atoms with van der Waals surface area (Å²) >= 11 is 1.13. The van der Waals surface area contributed by atoms with Crippen molar-refractivity contribution < 1.29 is 12.8 Å². The average Bonchev–Trinajstić information content (AvgIpc) is 3.13. The Hall–Kier alpha value is -2.97. The second-order valence-corrected chi connectivity index (χ2v) is 8.89. The molecule has 0 atom stereocenters. The van der Waals surface area contributed by atoms with E-state index in [0.29, 0.717) is 17.0 Å². The van der Waals surface area contributed by atoms with Gasteiger partial charge < -0.3 is 4.42 Å². The molecule has 6 nitrogen and oxygen atoms in total. The van der Waals surface area contributed by atoms with Gasteiger partial charge in [0.25, 0.3) is 10.0 Å². The van der Waals surface area contributed by atoms with Crippen molar-refractivity contribution in [1.82, 2.24) is 4.98 Å². The van der Waals surface area contributed by atoms with Crippen LogP contribution in [0.25, 0.3) is 21.5 Å². The summed E-state index contributed by atoms with van der Waals surface area (Å²) in [5.74, 6) is 0. The quantitative estimate of drug-likeness (QED) is 0.524. The lowest BCUT2D eigenvalue weighted by molar-refractivity contribution is 0.560. The first-order chi connectivity index (χ1) is 12.9. The van der Waals surface area contributed by atoms with Crippen molar-refractivity contribution in [2.24, 2.45) is 0 Å². The van der Waals surface area contributed by atoms with Gasteiger partial charge in [-0.25, -0.2) is 13.2 Å². The number of aromatic nitrogens is 1. The minimum atomic E-state index is -3.77. The van der Waals surface area contributed by atoms with Gasteiger partial charge in [-0.3, -0.25) is 9.71 Å². The maximum absolute atomic E-state index is 12.7. The lowest BCUT2D eigenvalue weighted by Crippen LogP contribution is -2.11. The van der Waals surface area contributed by atoms with Crippen LogP contribution in [0.15, 0.2) is 74.2 Å². The van der Waals surface area contributed by atoms with Crippen molar-refractivity contribution in [1.29, 1.82) is 0 Å². The fourth-order valence-corrected chi connectivity index (χ4v) is 5.04. The van der Waals surface area contributed by atoms with Crippen molar-refractivity contribution in [2.45, 2.75) is 11.1 Å². The SMILES string of the molecule is Cc1cc(=O)oc2cc(NS(=O)(=O)c3ccc(-c4ccccn4)s3)ccc12. The predicted molar refractivity (Wildman–Crippen MR) is 106 cm³/mol. The molecule has 27 heavy (non-hydrogen) atoms. The number of nitrogens with zero attached hydrogens (tertiary/aromatic N) is 1. The van der Waals surface area contributed by atoms with E-state index in [0.717, 1.165) is 27.2 Å². The van der Waals surface area contributed by atoms with Gasteiger partial charge in [-0.2, -0.15) is 0 Å². The summed E-state index contributed by atoms with van der Waals surface area (Å²) in [4.78, 5) is 16.5. The molecule has 0 spiro atoms. The number of aryl methyl sites for hydroxylation is 1. The topological polar surface area (TPSA) is 89.3 Å². The van der Waals surface area contributed by atoms with E-state index in [-0.39, 0.29) is 4.21 Å². The Bertz CT molecular complexity index is 1290. The Labute approximate surface area is 159 Å². The minimum absolute atomic E-state index is 0.175. The van der Waals surface area contributed by atoms with Crippen LogP contribution in [0.3, 0.4) is 0 Å². The molecule has 4 rings (SSSR count). The first-order valence-electron chi connectivity index (χ1n) is 8.01. The van der Waals surface area contributed by atoms with E-state index in [4.69, 9.17) is 4.42 Å². The number of thiophene rings is 1. The van der Waals surface area contributed by atoms with E-state index in [1.807, 2.05) is 12.1 Å². The molecule has 0 saturated carbocycles. The maximum Gasteiger partial charge on any atom is 0.336 e. The Morgan fingerprint density at radius 1 is 1.07 bits per heavy atom. The zero-order valence-electron chi connectivity index (χ0n) is 14.2. The second kappa shape index (κ2) is 6.64. The lowest BCUT2D eigenvalue weighted by atomic mass is 10.1. The van der Waals surface area contributed by atoms with Gasteiger partial charge in [-0.05, 0) is 48.9 Å². The summed E-state index contributed by atoms with van der Waals surface area (Å²) < 4.78 is 33.3. The van der Waals surface area contributed by atoms with E-state index in [1.54, 1.807) is 43.5 Å². The Kier molecular flexibility index (Phi) is 4.29. The third-order valence-electron chi connectivity index (χ3n) is 3.97. The van der Waals surface area contributed by atoms with Crippen LogP contribution in [-0.4, -0.2) is 13.4 Å². The summed E-state index contributed by atoms with van der Waals surface area (Å²) in [6.45, 7) is 1.80. The third-order valence-corrected chi connectivity index (χ3v) is 6.95. The first-order valence-corrected chi connectivity index (χ1v) is 10.3. The smallest absolute Gasteiger partial charge is 0.336 e. The maximum atomic E-state index is 12.7. The van der Waals surface area contributed by atoms with Gasteiger partial charge in [-0.1, -0.05) is 6.07 Å². The normalized spacial score (nSPS) is 11.6. The molecule has 4 aromatic rings. The third kappa shape index (κ3) is 3.49. The number of pyridine rings is 1. The molecule has 0 aliphatic heterocycles. The largest absolute Gasteiger partial charge is 0.423 e. The number of hydrogen-bond acceptors (Lipinski definition) is 6. The molecule has 3 aromatic heterocycles. The monoisotopic (exact) mass is 398 g/mol. The van der Waals surface area contributed by atoms with Gasteiger partial charge in [0.15, 0.2) is 0 Å². The van der Waals surface area contributed by atoms with Crippen LogP contribution in [0.4, 0.5) is 5.69 Å². The van der Waals surface area contributed by atoms with Crippen LogP contribution in [0.5, 0.6) is 0 Å². The molecule has 0 unspecified atom stereocenters. The molecule has 0 aliphatic carbocycles. The van der Waals surface area contributed by atoms with Gasteiger partial charge in [0.05, 0.1) is 16.3 Å². The molecule has 8 heteroatoms. The molecule has 1 N–H and O–H groups in total. The molecular formula is C19H14N2O4S2. The van der Waals surface area contributed by atoms with Gasteiger partial charge in [-0.15, -0.1) is 11.3 Å². The van der Waals surface area contributed by atoms with Crippen molar-refractivity contribution in [2.75, 3.05) is 4.72 Å². The van der Waals surface area contributed by atoms with Crippen LogP contribution < -0.4 is 10.3 Å². The highest BCUT2D eigenvalue weighted by Gasteiger charge is 2.18. The fraction of sp³-hybridized carbons (Fsp3) is 0.0526. The van der Waals surface area contributed by atoms with Gasteiger partial charge in [0.1, 0.15) is 9.79 Å². The van der Waals surface area contributed by atoms with Crippen LogP contribution in [-0.2, 0) is 10.0 Å². The van der Waals surface area contributed by atoms with E-state index in [2.05, 4.69) is 9.71 Å². The van der Waals surface area contributed by atoms with Crippen LogP contribution in [0, 0.1) is 6.92 Å². The van der Waals surface area contributed by atoms with E-state index >= 15 is 0 Å². The Balaban J connectivity index is 1.67. The summed E-state index contributed by atoms with van der Waals surface area (Å²) in [6.07, 6.45) is 1.66. The van der Waals surface area contributed by atoms with Crippen molar-refractivity contribution in [3.05, 3.63) is 76.8 Å². The lowest BCUT2D eigenvalue weighted by Gasteiger charge is -2.07. The highest BCUT2D eigenvalue weighted by atomic mass is 32.2. The average molecular weight is 398 g/mol. The number of fused-ring (bicyclic) bond motifs is 1. The highest BCUT2D eigenvalue weighted by molar-refractivity contribution is 7.94. The van der Waals surface area contributed by atoms with Crippen LogP contribution in [0.2, 0.25) is 0 Å². The molecule has 0 radical (unpaired) electrons. The van der Waals surface area contributed by atoms with Crippen LogP contribution >= 0.6 is 11.3 Å². The predicted octanol–water partition coefficient (Wildman–Crippen LogP) is 4.03. The highest BCUT2D eigenvalue weighted by Crippen LogP contribution is 2.31. The number of benzene rings is 1. The van der Waals surface area contributed by atoms with E-state index in [9.17, 15) is 13.2 Å². The Morgan fingerprint density at radius 2 is 1.93 bits per heavy atom. The van der Waals surface area contributed by atoms with Gasteiger partial charge in [0.2, 0.25) is 0 Å². The van der Waals surface area contributed by atoms with Gasteiger partial charge in [0, 0.05) is 23.7 Å². The number of rotatable bonds is 4. The number of anilines is 1. The van der Waals surface area contributed by atoms with E-state index in [1.165, 1.54) is 12.1 Å². The fourth-order valence-electron chi connectivity index (χ4n) is 2.70. The number of nitrogens with one attached hydrogen (secondary N) is 1. The zero-order valence-corrected chi connectivity index (χ0v) is 15.8. The van der Waals surface area contributed by atoms with Crippen molar-refractivity contribution in [3.63, 3.8) is 0 Å². The Morgan fingerprint density at radius 3 is 2.70 bits per heavy atom. The molecule has 1 aromatic carbocycles. The first kappa shape index (κ1) is 17.4. The minimum Gasteiger partial charge on any atom is -0.423 e. The second-order valence-electron chi connectivity index (χ2n) is 5.90. The zero-order chi connectivity index (χ0) is 19.0. The summed E-state index contributed by atoms with van der Waals surface area (Å²) in [5, 5.41) is 0.756. The molecule has 136 valence electrons. The summed E-state index contributed by atoms with van der Waals surface area (Å²) in [6, 6.07) is 15.0. The molecule has 0 fully saturated rings. The van der Waals surface area contributed by atoms with Crippen LogP contribution in [0.1, 0.15) is 5.56 Å². The molecule has 0 bridgehead atoms. The molecular weight excluding hydrogens is 384 g/mol. The van der Waals surface area contributed by atoms with E-state index < -0.39 is 15.6 Å². The summed E-state index contributed by atoms with van der Waals surface area (Å²) in [5.41, 5.74) is 1.67. The molecule has 3 heterocycles. The molecule has 0 saturated heterocycles. The van der Waals surface area contributed by atoms with Crippen molar-refractivity contribution >= 4 is 38.0 Å².